The number of hydrogen-bond donors (Lipinski definition) is 3. The molecule has 96 valence electrons. The Bertz CT molecular complexity index is 495. The number of thiocarbonyl (C=S) groups is 1. The zero-order chi connectivity index (χ0) is 13.1. The Kier molecular flexibility index (Phi) is 4.61. The molecule has 1 unspecified atom stereocenters. The molecule has 4 N–H and O–H groups in total. The molecule has 0 aliphatic carbocycles. The van der Waals surface area contributed by atoms with Gasteiger partial charge in [-0.25, -0.2) is 18.1 Å². The number of H-pyrrole nitrogens is 1. The van der Waals surface area contributed by atoms with Crippen LogP contribution in [0.4, 0.5) is 0 Å². The maximum atomic E-state index is 11.9. The van der Waals surface area contributed by atoms with E-state index in [1.54, 1.807) is 6.92 Å². The van der Waals surface area contributed by atoms with Gasteiger partial charge in [0.1, 0.15) is 5.82 Å². The molecular formula is C9H16N4O2S2. The van der Waals surface area contributed by atoms with E-state index >= 15 is 0 Å². The highest BCUT2D eigenvalue weighted by Crippen LogP contribution is 2.07. The molecular weight excluding hydrogens is 260 g/mol. The summed E-state index contributed by atoms with van der Waals surface area (Å²) in [6, 6.07) is -0.342. The Labute approximate surface area is 106 Å². The van der Waals surface area contributed by atoms with Crippen molar-refractivity contribution < 1.29 is 8.42 Å². The number of aryl methyl sites for hydroxylation is 1. The summed E-state index contributed by atoms with van der Waals surface area (Å²) in [5.74, 6) is 0.632. The summed E-state index contributed by atoms with van der Waals surface area (Å²) in [7, 11) is -3.58. The van der Waals surface area contributed by atoms with Gasteiger partial charge >= 0.3 is 0 Å². The van der Waals surface area contributed by atoms with Gasteiger partial charge in [-0.05, 0) is 6.92 Å². The summed E-state index contributed by atoms with van der Waals surface area (Å²) in [5.41, 5.74) is 5.35. The predicted octanol–water partition coefficient (Wildman–Crippen LogP) is 0.315. The van der Waals surface area contributed by atoms with Crippen molar-refractivity contribution in [3.8, 4) is 0 Å². The first kappa shape index (κ1) is 14.1. The molecule has 1 atom stereocenters. The molecule has 0 aromatic carbocycles. The first-order chi connectivity index (χ1) is 7.85. The Morgan fingerprint density at radius 2 is 2.35 bits per heavy atom. The van der Waals surface area contributed by atoms with Crippen molar-refractivity contribution in [1.29, 1.82) is 0 Å². The largest absolute Gasteiger partial charge is 0.393 e. The number of hydrogen-bond acceptors (Lipinski definition) is 4. The van der Waals surface area contributed by atoms with Gasteiger partial charge in [-0.1, -0.05) is 19.1 Å². The Morgan fingerprint density at radius 1 is 1.71 bits per heavy atom. The van der Waals surface area contributed by atoms with Gasteiger partial charge < -0.3 is 10.7 Å². The SMILES string of the molecule is CCc1ncc(S(=O)(=O)NC(C)CC(N)=S)[nH]1. The van der Waals surface area contributed by atoms with E-state index in [1.165, 1.54) is 6.20 Å². The molecule has 1 aromatic heterocycles. The fraction of sp³-hybridized carbons (Fsp3) is 0.556. The summed E-state index contributed by atoms with van der Waals surface area (Å²) >= 11 is 4.72. The van der Waals surface area contributed by atoms with Crippen LogP contribution in [0.15, 0.2) is 11.2 Å². The minimum absolute atomic E-state index is 0.0594. The van der Waals surface area contributed by atoms with E-state index < -0.39 is 10.0 Å². The second-order valence-corrected chi connectivity index (χ2v) is 5.95. The lowest BCUT2D eigenvalue weighted by atomic mass is 10.3. The first-order valence-corrected chi connectivity index (χ1v) is 7.08. The first-order valence-electron chi connectivity index (χ1n) is 5.19. The summed E-state index contributed by atoms with van der Waals surface area (Å²) in [5, 5.41) is 0.0594. The zero-order valence-corrected chi connectivity index (χ0v) is 11.4. The van der Waals surface area contributed by atoms with Crippen molar-refractivity contribution in [2.24, 2.45) is 5.73 Å². The van der Waals surface area contributed by atoms with Crippen LogP contribution in [-0.2, 0) is 16.4 Å². The summed E-state index contributed by atoms with van der Waals surface area (Å²) < 4.78 is 26.2. The second kappa shape index (κ2) is 5.56. The van der Waals surface area contributed by atoms with Gasteiger partial charge in [0.15, 0.2) is 5.03 Å². The van der Waals surface area contributed by atoms with Crippen LogP contribution < -0.4 is 10.5 Å². The minimum Gasteiger partial charge on any atom is -0.393 e. The molecule has 0 bridgehead atoms. The van der Waals surface area contributed by atoms with E-state index in [9.17, 15) is 8.42 Å². The molecule has 0 saturated heterocycles. The fourth-order valence-corrected chi connectivity index (χ4v) is 2.77. The molecule has 0 fully saturated rings. The smallest absolute Gasteiger partial charge is 0.257 e. The number of aromatic amines is 1. The van der Waals surface area contributed by atoms with E-state index in [0.29, 0.717) is 18.7 Å². The fourth-order valence-electron chi connectivity index (χ4n) is 1.33. The molecule has 0 saturated carbocycles. The van der Waals surface area contributed by atoms with Crippen LogP contribution in [0.3, 0.4) is 0 Å². The Hall–Kier alpha value is -0.990. The normalized spacial score (nSPS) is 13.5. The van der Waals surface area contributed by atoms with Crippen molar-refractivity contribution in [3.05, 3.63) is 12.0 Å². The Balaban J connectivity index is 2.78. The highest BCUT2D eigenvalue weighted by Gasteiger charge is 2.19. The van der Waals surface area contributed by atoms with Gasteiger partial charge in [-0.3, -0.25) is 0 Å². The monoisotopic (exact) mass is 276 g/mol. The number of aromatic nitrogens is 2. The van der Waals surface area contributed by atoms with Crippen LogP contribution in [0.2, 0.25) is 0 Å². The number of nitrogens with two attached hydrogens (primary N) is 1. The third-order valence-electron chi connectivity index (χ3n) is 2.09. The summed E-state index contributed by atoms with van der Waals surface area (Å²) in [4.78, 5) is 6.96. The quantitative estimate of drug-likeness (QED) is 0.649. The lowest BCUT2D eigenvalue weighted by Crippen LogP contribution is -2.35. The number of sulfonamides is 1. The van der Waals surface area contributed by atoms with E-state index in [0.717, 1.165) is 0 Å². The molecule has 17 heavy (non-hydrogen) atoms. The molecule has 1 heterocycles. The van der Waals surface area contributed by atoms with Crippen LogP contribution in [-0.4, -0.2) is 29.4 Å². The highest BCUT2D eigenvalue weighted by atomic mass is 32.2. The zero-order valence-electron chi connectivity index (χ0n) is 9.73. The molecule has 0 radical (unpaired) electrons. The Morgan fingerprint density at radius 3 is 2.82 bits per heavy atom. The standard InChI is InChI=1S/C9H16N4O2S2/c1-3-8-11-5-9(12-8)17(14,15)13-6(2)4-7(10)16/h5-6,13H,3-4H2,1-2H3,(H2,10,16)(H,11,12). The average molecular weight is 276 g/mol. The van der Waals surface area contributed by atoms with E-state index in [1.807, 2.05) is 6.92 Å². The van der Waals surface area contributed by atoms with Crippen molar-refractivity contribution in [1.82, 2.24) is 14.7 Å². The molecule has 8 heteroatoms. The third kappa shape index (κ3) is 4.06. The second-order valence-electron chi connectivity index (χ2n) is 3.74. The highest BCUT2D eigenvalue weighted by molar-refractivity contribution is 7.89. The van der Waals surface area contributed by atoms with Gasteiger partial charge in [-0.2, -0.15) is 0 Å². The number of imidazole rings is 1. The molecule has 0 spiro atoms. The van der Waals surface area contributed by atoms with E-state index in [2.05, 4.69) is 14.7 Å². The van der Waals surface area contributed by atoms with Crippen molar-refractivity contribution in [3.63, 3.8) is 0 Å². The molecule has 0 amide bonds. The maximum Gasteiger partial charge on any atom is 0.257 e. The van der Waals surface area contributed by atoms with Crippen molar-refractivity contribution >= 4 is 27.2 Å². The van der Waals surface area contributed by atoms with Crippen LogP contribution in [0.25, 0.3) is 0 Å². The van der Waals surface area contributed by atoms with E-state index in [-0.39, 0.29) is 16.1 Å². The lowest BCUT2D eigenvalue weighted by molar-refractivity contribution is 0.561. The van der Waals surface area contributed by atoms with Crippen molar-refractivity contribution in [2.75, 3.05) is 0 Å². The predicted molar refractivity (Wildman–Crippen MR) is 69.2 cm³/mol. The minimum atomic E-state index is -3.58. The molecule has 6 nitrogen and oxygen atoms in total. The topological polar surface area (TPSA) is 101 Å². The summed E-state index contributed by atoms with van der Waals surface area (Å²) in [6.45, 7) is 3.59. The van der Waals surface area contributed by atoms with Gasteiger partial charge in [0.2, 0.25) is 0 Å². The van der Waals surface area contributed by atoms with Gasteiger partial charge in [0.05, 0.1) is 11.2 Å². The number of rotatable bonds is 6. The van der Waals surface area contributed by atoms with Crippen molar-refractivity contribution in [2.45, 2.75) is 37.8 Å². The lowest BCUT2D eigenvalue weighted by Gasteiger charge is -2.11. The molecule has 1 aromatic rings. The maximum absolute atomic E-state index is 11.9. The van der Waals surface area contributed by atoms with E-state index in [4.69, 9.17) is 18.0 Å². The average Bonchev–Trinajstić information content (AvgIpc) is 2.63. The molecule has 1 rings (SSSR count). The van der Waals surface area contributed by atoms with Crippen LogP contribution in [0.5, 0.6) is 0 Å². The van der Waals surface area contributed by atoms with Crippen LogP contribution in [0.1, 0.15) is 26.1 Å². The van der Waals surface area contributed by atoms with Gasteiger partial charge in [0, 0.05) is 18.9 Å². The van der Waals surface area contributed by atoms with Gasteiger partial charge in [0.25, 0.3) is 10.0 Å². The molecule has 0 aliphatic rings. The number of nitrogens with zero attached hydrogens (tertiary/aromatic N) is 1. The van der Waals surface area contributed by atoms with Crippen LogP contribution >= 0.6 is 12.2 Å². The van der Waals surface area contributed by atoms with Gasteiger partial charge in [-0.15, -0.1) is 0 Å². The van der Waals surface area contributed by atoms with Crippen LogP contribution in [0, 0.1) is 0 Å². The summed E-state index contributed by atoms with van der Waals surface area (Å²) in [6.07, 6.45) is 2.27. The molecule has 0 aliphatic heterocycles. The third-order valence-corrected chi connectivity index (χ3v) is 3.76. The number of nitrogens with one attached hydrogen (secondary N) is 2.